The standard InChI is InChI=1S/C20H19N3O3S2/c1-11-5-7-15(13(3)9-11)22-28(25,26)18-14(4)21-20-23(19(18)24)16-8-6-12(2)10-17(16)27-20/h5-10,22H,1-4H3. The molecule has 2 heterocycles. The molecule has 144 valence electrons. The van der Waals surface area contributed by atoms with E-state index in [-0.39, 0.29) is 10.6 Å². The zero-order chi connectivity index (χ0) is 20.2. The number of benzene rings is 2. The summed E-state index contributed by atoms with van der Waals surface area (Å²) in [5, 5.41) is 0. The molecule has 4 aromatic rings. The first kappa shape index (κ1) is 18.6. The van der Waals surface area contributed by atoms with Gasteiger partial charge in [-0.15, -0.1) is 0 Å². The van der Waals surface area contributed by atoms with Crippen LogP contribution < -0.4 is 10.3 Å². The molecule has 1 N–H and O–H groups in total. The minimum atomic E-state index is -4.10. The molecule has 2 aromatic carbocycles. The zero-order valence-electron chi connectivity index (χ0n) is 15.9. The molecule has 0 amide bonds. The van der Waals surface area contributed by atoms with Gasteiger partial charge in [0.1, 0.15) is 0 Å². The Bertz CT molecular complexity index is 1420. The van der Waals surface area contributed by atoms with Crippen LogP contribution in [0.2, 0.25) is 0 Å². The fourth-order valence-corrected chi connectivity index (χ4v) is 5.82. The van der Waals surface area contributed by atoms with Gasteiger partial charge in [0.05, 0.1) is 21.6 Å². The fourth-order valence-electron chi connectivity index (χ4n) is 3.29. The van der Waals surface area contributed by atoms with Crippen molar-refractivity contribution < 1.29 is 8.42 Å². The maximum absolute atomic E-state index is 13.2. The lowest BCUT2D eigenvalue weighted by atomic mass is 10.1. The fraction of sp³-hybridized carbons (Fsp3) is 0.200. The van der Waals surface area contributed by atoms with Gasteiger partial charge in [-0.05, 0) is 57.0 Å². The van der Waals surface area contributed by atoms with Crippen LogP contribution in [0, 0.1) is 27.7 Å². The molecule has 0 unspecified atom stereocenters. The summed E-state index contributed by atoms with van der Waals surface area (Å²) in [6.45, 7) is 7.27. The van der Waals surface area contributed by atoms with E-state index in [9.17, 15) is 13.2 Å². The van der Waals surface area contributed by atoms with Crippen molar-refractivity contribution in [3.8, 4) is 0 Å². The molecule has 0 spiro atoms. The number of sulfonamides is 1. The van der Waals surface area contributed by atoms with Crippen LogP contribution in [0.1, 0.15) is 22.4 Å². The third kappa shape index (κ3) is 2.98. The van der Waals surface area contributed by atoms with Gasteiger partial charge in [-0.2, -0.15) is 0 Å². The number of aryl methyl sites for hydroxylation is 4. The van der Waals surface area contributed by atoms with E-state index in [1.165, 1.54) is 15.7 Å². The molecule has 0 saturated heterocycles. The van der Waals surface area contributed by atoms with E-state index in [2.05, 4.69) is 9.71 Å². The zero-order valence-corrected chi connectivity index (χ0v) is 17.5. The van der Waals surface area contributed by atoms with Gasteiger partial charge in [0.2, 0.25) is 0 Å². The van der Waals surface area contributed by atoms with Crippen LogP contribution in [0.3, 0.4) is 0 Å². The molecule has 2 aromatic heterocycles. The van der Waals surface area contributed by atoms with Crippen molar-refractivity contribution in [3.63, 3.8) is 0 Å². The lowest BCUT2D eigenvalue weighted by molar-refractivity contribution is 0.598. The molecule has 0 fully saturated rings. The Labute approximate surface area is 166 Å². The van der Waals surface area contributed by atoms with E-state index in [4.69, 9.17) is 0 Å². The van der Waals surface area contributed by atoms with Crippen molar-refractivity contribution in [2.24, 2.45) is 0 Å². The Morgan fingerprint density at radius 3 is 2.39 bits per heavy atom. The minimum Gasteiger partial charge on any atom is -0.279 e. The molecule has 0 aliphatic carbocycles. The van der Waals surface area contributed by atoms with Crippen LogP contribution in [0.15, 0.2) is 46.1 Å². The number of hydrogen-bond acceptors (Lipinski definition) is 5. The van der Waals surface area contributed by atoms with Gasteiger partial charge < -0.3 is 0 Å². The molecule has 8 heteroatoms. The van der Waals surface area contributed by atoms with Gasteiger partial charge in [-0.25, -0.2) is 17.8 Å². The molecule has 0 bridgehead atoms. The highest BCUT2D eigenvalue weighted by atomic mass is 32.2. The van der Waals surface area contributed by atoms with Crippen LogP contribution in [0.25, 0.3) is 15.2 Å². The van der Waals surface area contributed by atoms with Crippen LogP contribution >= 0.6 is 11.3 Å². The Hall–Kier alpha value is -2.71. The summed E-state index contributed by atoms with van der Waals surface area (Å²) >= 11 is 1.37. The topological polar surface area (TPSA) is 80.5 Å². The average Bonchev–Trinajstić information content (AvgIpc) is 2.94. The SMILES string of the molecule is Cc1ccc(NS(=O)(=O)c2c(C)nc3sc4cc(C)ccc4n3c2=O)c(C)c1. The Balaban J connectivity index is 1.94. The number of anilines is 1. The molecule has 0 atom stereocenters. The highest BCUT2D eigenvalue weighted by Crippen LogP contribution is 2.27. The van der Waals surface area contributed by atoms with Crippen LogP contribution in [-0.2, 0) is 10.0 Å². The lowest BCUT2D eigenvalue weighted by Gasteiger charge is -2.12. The molecule has 4 rings (SSSR count). The number of fused-ring (bicyclic) bond motifs is 3. The second-order valence-electron chi connectivity index (χ2n) is 6.95. The second-order valence-corrected chi connectivity index (χ2v) is 9.57. The van der Waals surface area contributed by atoms with Crippen molar-refractivity contribution in [3.05, 3.63) is 69.1 Å². The third-order valence-corrected chi connectivity index (χ3v) is 7.13. The summed E-state index contributed by atoms with van der Waals surface area (Å²) in [6.07, 6.45) is 0. The summed E-state index contributed by atoms with van der Waals surface area (Å²) in [4.78, 5) is 17.8. The molecule has 6 nitrogen and oxygen atoms in total. The lowest BCUT2D eigenvalue weighted by Crippen LogP contribution is -2.28. The molecule has 0 radical (unpaired) electrons. The summed E-state index contributed by atoms with van der Waals surface area (Å²) in [5.74, 6) is 0. The molecule has 0 saturated carbocycles. The van der Waals surface area contributed by atoms with Gasteiger partial charge in [-0.1, -0.05) is 35.1 Å². The van der Waals surface area contributed by atoms with Gasteiger partial charge in [0.15, 0.2) is 9.86 Å². The largest absolute Gasteiger partial charge is 0.280 e. The van der Waals surface area contributed by atoms with Gasteiger partial charge in [-0.3, -0.25) is 9.52 Å². The number of nitrogens with one attached hydrogen (secondary N) is 1. The Morgan fingerprint density at radius 1 is 1.00 bits per heavy atom. The number of nitrogens with zero attached hydrogens (tertiary/aromatic N) is 2. The van der Waals surface area contributed by atoms with E-state index in [1.54, 1.807) is 13.0 Å². The highest BCUT2D eigenvalue weighted by Gasteiger charge is 2.26. The van der Waals surface area contributed by atoms with Crippen LogP contribution in [-0.4, -0.2) is 17.8 Å². The van der Waals surface area contributed by atoms with Crippen LogP contribution in [0.4, 0.5) is 5.69 Å². The first-order chi connectivity index (χ1) is 13.2. The summed E-state index contributed by atoms with van der Waals surface area (Å²) in [5.41, 5.74) is 3.58. The maximum atomic E-state index is 13.2. The van der Waals surface area contributed by atoms with Crippen molar-refractivity contribution in [1.29, 1.82) is 0 Å². The van der Waals surface area contributed by atoms with Gasteiger partial charge in [0, 0.05) is 0 Å². The van der Waals surface area contributed by atoms with Crippen molar-refractivity contribution in [2.75, 3.05) is 4.72 Å². The predicted octanol–water partition coefficient (Wildman–Crippen LogP) is 3.94. The summed E-state index contributed by atoms with van der Waals surface area (Å²) < 4.78 is 31.0. The maximum Gasteiger partial charge on any atom is 0.280 e. The quantitative estimate of drug-likeness (QED) is 0.552. The van der Waals surface area contributed by atoms with Gasteiger partial charge >= 0.3 is 0 Å². The van der Waals surface area contributed by atoms with Crippen molar-refractivity contribution in [1.82, 2.24) is 9.38 Å². The second kappa shape index (κ2) is 6.42. The van der Waals surface area contributed by atoms with Crippen molar-refractivity contribution >= 4 is 42.2 Å². The summed E-state index contributed by atoms with van der Waals surface area (Å²) in [6, 6.07) is 11.1. The van der Waals surface area contributed by atoms with E-state index < -0.39 is 15.6 Å². The number of rotatable bonds is 3. The molecule has 0 aliphatic heterocycles. The molecule has 0 aliphatic rings. The average molecular weight is 414 g/mol. The number of thiazole rings is 1. The molecular formula is C20H19N3O3S2. The smallest absolute Gasteiger partial charge is 0.279 e. The van der Waals surface area contributed by atoms with E-state index in [0.29, 0.717) is 16.2 Å². The van der Waals surface area contributed by atoms with Crippen molar-refractivity contribution in [2.45, 2.75) is 32.6 Å². The normalized spacial score (nSPS) is 12.0. The highest BCUT2D eigenvalue weighted by molar-refractivity contribution is 7.92. The predicted molar refractivity (Wildman–Crippen MR) is 113 cm³/mol. The van der Waals surface area contributed by atoms with Crippen LogP contribution in [0.5, 0.6) is 0 Å². The van der Waals surface area contributed by atoms with E-state index >= 15 is 0 Å². The molecular weight excluding hydrogens is 394 g/mol. The Kier molecular flexibility index (Phi) is 4.28. The van der Waals surface area contributed by atoms with Gasteiger partial charge in [0.25, 0.3) is 15.6 Å². The minimum absolute atomic E-state index is 0.186. The Morgan fingerprint density at radius 2 is 1.68 bits per heavy atom. The van der Waals surface area contributed by atoms with E-state index in [1.807, 2.05) is 51.1 Å². The monoisotopic (exact) mass is 413 g/mol. The third-order valence-electron chi connectivity index (χ3n) is 4.63. The first-order valence-electron chi connectivity index (χ1n) is 8.70. The number of aromatic nitrogens is 2. The molecule has 28 heavy (non-hydrogen) atoms. The van der Waals surface area contributed by atoms with E-state index in [0.717, 1.165) is 21.4 Å². The number of hydrogen-bond donors (Lipinski definition) is 1. The summed E-state index contributed by atoms with van der Waals surface area (Å²) in [7, 11) is -4.10. The first-order valence-corrected chi connectivity index (χ1v) is 11.0.